The molecule has 2 saturated carbocycles. The third-order valence-electron chi connectivity index (χ3n) is 7.13. The summed E-state index contributed by atoms with van der Waals surface area (Å²) in [7, 11) is 1.70. The van der Waals surface area contributed by atoms with Crippen LogP contribution in [0.3, 0.4) is 0 Å². The van der Waals surface area contributed by atoms with Gasteiger partial charge in [0.25, 0.3) is 0 Å². The molecule has 0 unspecified atom stereocenters. The predicted octanol–water partition coefficient (Wildman–Crippen LogP) is 4.62. The standard InChI is InChI=1S/C20H27O2/c1-3-20-9-4-5-18(20)17-12-19(21)15-7-6-13(22-2)11-16(15)14(17)8-10-20/h7,11,14,17-19,21H,3-5,8-10,12H2,1-2H3/t14-,17-,18+,19+,20+/m1/s1. The number of aliphatic hydroxyl groups is 1. The van der Waals surface area contributed by atoms with Crippen molar-refractivity contribution in [2.45, 2.75) is 63.9 Å². The molecule has 1 N–H and O–H groups in total. The van der Waals surface area contributed by atoms with Gasteiger partial charge < -0.3 is 9.84 Å². The molecule has 1 radical (unpaired) electrons. The Balaban J connectivity index is 1.74. The van der Waals surface area contributed by atoms with Gasteiger partial charge in [-0.15, -0.1) is 0 Å². The molecule has 3 aliphatic carbocycles. The van der Waals surface area contributed by atoms with Crippen molar-refractivity contribution in [3.05, 3.63) is 29.3 Å². The summed E-state index contributed by atoms with van der Waals surface area (Å²) < 4.78 is 5.39. The molecule has 0 aliphatic heterocycles. The number of fused-ring (bicyclic) bond motifs is 5. The van der Waals surface area contributed by atoms with E-state index < -0.39 is 0 Å². The lowest BCUT2D eigenvalue weighted by molar-refractivity contribution is 0.00605. The van der Waals surface area contributed by atoms with Crippen molar-refractivity contribution in [2.75, 3.05) is 7.11 Å². The van der Waals surface area contributed by atoms with Gasteiger partial charge in [-0.2, -0.15) is 0 Å². The minimum atomic E-state index is -0.313. The van der Waals surface area contributed by atoms with E-state index in [0.717, 1.165) is 23.7 Å². The number of hydrogen-bond donors (Lipinski definition) is 1. The first kappa shape index (κ1) is 14.6. The van der Waals surface area contributed by atoms with Gasteiger partial charge in [0.05, 0.1) is 13.2 Å². The molecule has 1 aromatic rings. The second-order valence-electron chi connectivity index (χ2n) is 7.69. The molecule has 0 amide bonds. The Bertz CT molecular complexity index is 567. The SMILES string of the molecule is CC[C@@]12CCC[C@H]1[C@@H]1C[C@H](O)c3c[c]c(OC)cc3[C@H]1CC2. The fourth-order valence-corrected chi connectivity index (χ4v) is 6.02. The molecule has 0 heterocycles. The minimum absolute atomic E-state index is 0.313. The molecule has 2 heteroatoms. The van der Waals surface area contributed by atoms with E-state index in [1.165, 1.54) is 44.1 Å². The largest absolute Gasteiger partial charge is 0.496 e. The lowest BCUT2D eigenvalue weighted by Gasteiger charge is -2.51. The molecule has 0 spiro atoms. The molecule has 2 fully saturated rings. The Kier molecular flexibility index (Phi) is 3.48. The van der Waals surface area contributed by atoms with Crippen molar-refractivity contribution in [1.82, 2.24) is 0 Å². The van der Waals surface area contributed by atoms with E-state index in [9.17, 15) is 5.11 Å². The monoisotopic (exact) mass is 299 g/mol. The molecule has 119 valence electrons. The lowest BCUT2D eigenvalue weighted by atomic mass is 9.54. The average Bonchev–Trinajstić information content (AvgIpc) is 2.99. The van der Waals surface area contributed by atoms with Crippen molar-refractivity contribution < 1.29 is 9.84 Å². The summed E-state index contributed by atoms with van der Waals surface area (Å²) in [6.45, 7) is 2.38. The van der Waals surface area contributed by atoms with Gasteiger partial charge in [-0.25, -0.2) is 0 Å². The summed E-state index contributed by atoms with van der Waals surface area (Å²) in [5.74, 6) is 2.90. The highest BCUT2D eigenvalue weighted by Crippen LogP contribution is 2.63. The van der Waals surface area contributed by atoms with E-state index in [1.807, 2.05) is 6.07 Å². The van der Waals surface area contributed by atoms with E-state index in [-0.39, 0.29) is 6.10 Å². The molecule has 4 rings (SSSR count). The topological polar surface area (TPSA) is 29.5 Å². The van der Waals surface area contributed by atoms with Crippen LogP contribution in [0.4, 0.5) is 0 Å². The summed E-state index contributed by atoms with van der Waals surface area (Å²) in [4.78, 5) is 0. The van der Waals surface area contributed by atoms with E-state index >= 15 is 0 Å². The lowest BCUT2D eigenvalue weighted by Crippen LogP contribution is -2.41. The Labute approximate surface area is 133 Å². The van der Waals surface area contributed by atoms with Crippen molar-refractivity contribution in [1.29, 1.82) is 0 Å². The first-order chi connectivity index (χ1) is 10.7. The van der Waals surface area contributed by atoms with Crippen LogP contribution < -0.4 is 4.74 Å². The van der Waals surface area contributed by atoms with Gasteiger partial charge in [-0.1, -0.05) is 19.8 Å². The normalized spacial score (nSPS) is 39.8. The van der Waals surface area contributed by atoms with E-state index in [2.05, 4.69) is 19.1 Å². The number of rotatable bonds is 2. The van der Waals surface area contributed by atoms with Crippen LogP contribution in [-0.4, -0.2) is 12.2 Å². The summed E-state index contributed by atoms with van der Waals surface area (Å²) in [6.07, 6.45) is 8.76. The first-order valence-corrected chi connectivity index (χ1v) is 8.96. The highest BCUT2D eigenvalue weighted by Gasteiger charge is 2.52. The Hall–Kier alpha value is -1.02. The highest BCUT2D eigenvalue weighted by atomic mass is 16.5. The first-order valence-electron chi connectivity index (χ1n) is 8.96. The maximum atomic E-state index is 10.7. The molecule has 3 aliphatic rings. The van der Waals surface area contributed by atoms with Crippen molar-refractivity contribution in [3.63, 3.8) is 0 Å². The molecule has 1 aromatic carbocycles. The summed E-state index contributed by atoms with van der Waals surface area (Å²) in [5, 5.41) is 10.7. The van der Waals surface area contributed by atoms with Crippen LogP contribution in [-0.2, 0) is 0 Å². The van der Waals surface area contributed by atoms with Crippen LogP contribution in [0, 0.1) is 23.3 Å². The minimum Gasteiger partial charge on any atom is -0.496 e. The van der Waals surface area contributed by atoms with E-state index in [0.29, 0.717) is 17.3 Å². The van der Waals surface area contributed by atoms with Crippen LogP contribution in [0.25, 0.3) is 0 Å². The Morgan fingerprint density at radius 2 is 2.18 bits per heavy atom. The number of benzene rings is 1. The molecule has 5 atom stereocenters. The van der Waals surface area contributed by atoms with Crippen molar-refractivity contribution in [3.8, 4) is 5.75 Å². The maximum Gasteiger partial charge on any atom is 0.127 e. The highest BCUT2D eigenvalue weighted by molar-refractivity contribution is 5.41. The van der Waals surface area contributed by atoms with Crippen LogP contribution >= 0.6 is 0 Å². The second kappa shape index (κ2) is 5.26. The van der Waals surface area contributed by atoms with Gasteiger partial charge in [0.15, 0.2) is 0 Å². The van der Waals surface area contributed by atoms with E-state index in [1.54, 1.807) is 7.11 Å². The van der Waals surface area contributed by atoms with Crippen molar-refractivity contribution >= 4 is 0 Å². The Morgan fingerprint density at radius 3 is 2.95 bits per heavy atom. The van der Waals surface area contributed by atoms with Crippen LogP contribution in [0.2, 0.25) is 0 Å². The number of hydrogen-bond acceptors (Lipinski definition) is 2. The zero-order chi connectivity index (χ0) is 15.3. The van der Waals surface area contributed by atoms with Gasteiger partial charge in [-0.3, -0.25) is 0 Å². The van der Waals surface area contributed by atoms with Crippen molar-refractivity contribution in [2.24, 2.45) is 17.3 Å². The average molecular weight is 299 g/mol. The van der Waals surface area contributed by atoms with Gasteiger partial charge in [0.2, 0.25) is 0 Å². The molecule has 0 bridgehead atoms. The quantitative estimate of drug-likeness (QED) is 0.863. The zero-order valence-corrected chi connectivity index (χ0v) is 13.8. The molecular formula is C20H27O2. The zero-order valence-electron chi connectivity index (χ0n) is 13.8. The summed E-state index contributed by atoms with van der Waals surface area (Å²) >= 11 is 0. The second-order valence-corrected chi connectivity index (χ2v) is 7.69. The fourth-order valence-electron chi connectivity index (χ4n) is 6.02. The molecular weight excluding hydrogens is 272 g/mol. The van der Waals surface area contributed by atoms with Gasteiger partial charge in [-0.05, 0) is 78.5 Å². The third kappa shape index (κ3) is 1.96. The van der Waals surface area contributed by atoms with Gasteiger partial charge >= 0.3 is 0 Å². The molecule has 22 heavy (non-hydrogen) atoms. The molecule has 2 nitrogen and oxygen atoms in total. The number of methoxy groups -OCH3 is 1. The third-order valence-corrected chi connectivity index (χ3v) is 7.13. The van der Waals surface area contributed by atoms with Crippen LogP contribution in [0.15, 0.2) is 12.1 Å². The summed E-state index contributed by atoms with van der Waals surface area (Å²) in [5.41, 5.74) is 3.02. The number of aliphatic hydroxyl groups excluding tert-OH is 1. The summed E-state index contributed by atoms with van der Waals surface area (Å²) in [6, 6.07) is 7.26. The number of ether oxygens (including phenoxy) is 1. The van der Waals surface area contributed by atoms with Crippen LogP contribution in [0.1, 0.15) is 75.0 Å². The smallest absolute Gasteiger partial charge is 0.127 e. The molecule has 0 aromatic heterocycles. The maximum absolute atomic E-state index is 10.7. The van der Waals surface area contributed by atoms with E-state index in [4.69, 9.17) is 4.74 Å². The predicted molar refractivity (Wildman–Crippen MR) is 86.9 cm³/mol. The van der Waals surface area contributed by atoms with Gasteiger partial charge in [0.1, 0.15) is 5.75 Å². The molecule has 0 saturated heterocycles. The van der Waals surface area contributed by atoms with Gasteiger partial charge in [0, 0.05) is 6.07 Å². The Morgan fingerprint density at radius 1 is 1.32 bits per heavy atom. The fraction of sp³-hybridized carbons (Fsp3) is 0.700. The van der Waals surface area contributed by atoms with Crippen LogP contribution in [0.5, 0.6) is 5.75 Å².